The third-order valence-corrected chi connectivity index (χ3v) is 6.13. The lowest BCUT2D eigenvalue weighted by Gasteiger charge is -2.33. The summed E-state index contributed by atoms with van der Waals surface area (Å²) in [5.41, 5.74) is 3.70. The normalized spacial score (nSPS) is 19.4. The summed E-state index contributed by atoms with van der Waals surface area (Å²) in [6.07, 6.45) is 9.07. The van der Waals surface area contributed by atoms with E-state index in [2.05, 4.69) is 45.6 Å². The number of nitrogens with one attached hydrogen (secondary N) is 1. The molecule has 1 aromatic carbocycles. The topological polar surface area (TPSA) is 80.2 Å². The van der Waals surface area contributed by atoms with Crippen LogP contribution >= 0.6 is 0 Å². The number of hydrogen-bond acceptors (Lipinski definition) is 5. The molecule has 7 heteroatoms. The first-order chi connectivity index (χ1) is 16.1. The molecule has 1 unspecified atom stereocenters. The van der Waals surface area contributed by atoms with Crippen molar-refractivity contribution in [2.24, 2.45) is 5.92 Å². The first kappa shape index (κ1) is 21.1. The van der Waals surface area contributed by atoms with Crippen LogP contribution in [0.3, 0.4) is 0 Å². The number of anilines is 1. The fourth-order valence-corrected chi connectivity index (χ4v) is 4.12. The molecular weight excluding hydrogens is 414 g/mol. The van der Waals surface area contributed by atoms with E-state index >= 15 is 0 Å². The van der Waals surface area contributed by atoms with E-state index < -0.39 is 0 Å². The molecule has 0 spiro atoms. The van der Waals surface area contributed by atoms with E-state index in [0.29, 0.717) is 30.7 Å². The largest absolute Gasteiger partial charge is 0.439 e. The van der Waals surface area contributed by atoms with E-state index in [1.165, 1.54) is 24.0 Å². The maximum atomic E-state index is 12.6. The molecule has 1 N–H and O–H groups in total. The molecule has 2 aromatic heterocycles. The molecule has 2 amide bonds. The molecule has 168 valence electrons. The van der Waals surface area contributed by atoms with Gasteiger partial charge in [-0.1, -0.05) is 36.8 Å². The van der Waals surface area contributed by atoms with Crippen LogP contribution in [0.25, 0.3) is 6.08 Å². The zero-order valence-electron chi connectivity index (χ0n) is 18.6. The van der Waals surface area contributed by atoms with Crippen molar-refractivity contribution in [2.75, 3.05) is 18.4 Å². The van der Waals surface area contributed by atoms with Crippen molar-refractivity contribution in [3.63, 3.8) is 0 Å². The monoisotopic (exact) mass is 441 g/mol. The molecule has 1 atom stereocenters. The molecule has 33 heavy (non-hydrogen) atoms. The summed E-state index contributed by atoms with van der Waals surface area (Å²) in [5.74, 6) is 2.79. The van der Waals surface area contributed by atoms with Gasteiger partial charge in [-0.25, -0.2) is 9.78 Å². The molecule has 1 saturated heterocycles. The van der Waals surface area contributed by atoms with Crippen LogP contribution in [0.4, 0.5) is 10.6 Å². The fourth-order valence-electron chi connectivity index (χ4n) is 4.12. The summed E-state index contributed by atoms with van der Waals surface area (Å²) < 4.78 is 5.98. The second-order valence-corrected chi connectivity index (χ2v) is 8.73. The zero-order valence-corrected chi connectivity index (χ0v) is 18.6. The number of likely N-dealkylation sites (tertiary alicyclic amines) is 1. The molecule has 3 aromatic rings. The highest BCUT2D eigenvalue weighted by Gasteiger charge is 2.25. The minimum Gasteiger partial charge on any atom is -0.439 e. The van der Waals surface area contributed by atoms with Crippen molar-refractivity contribution in [1.82, 2.24) is 20.1 Å². The minimum atomic E-state index is -0.142. The number of rotatable bonds is 5. The number of urea groups is 1. The van der Waals surface area contributed by atoms with Crippen LogP contribution < -0.4 is 10.1 Å². The second-order valence-electron chi connectivity index (χ2n) is 8.73. The third-order valence-electron chi connectivity index (χ3n) is 6.13. The van der Waals surface area contributed by atoms with Crippen molar-refractivity contribution >= 4 is 17.9 Å². The third kappa shape index (κ3) is 5.37. The van der Waals surface area contributed by atoms with Gasteiger partial charge < -0.3 is 9.64 Å². The first-order valence-corrected chi connectivity index (χ1v) is 11.4. The summed E-state index contributed by atoms with van der Waals surface area (Å²) in [7, 11) is 0. The molecular formula is C26H27N5O2. The molecule has 0 bridgehead atoms. The first-order valence-electron chi connectivity index (χ1n) is 11.4. The molecule has 1 saturated carbocycles. The summed E-state index contributed by atoms with van der Waals surface area (Å²) >= 11 is 0. The number of piperidine rings is 1. The number of hydrogen-bond donors (Lipinski definition) is 1. The molecule has 2 fully saturated rings. The van der Waals surface area contributed by atoms with Gasteiger partial charge in [-0.2, -0.15) is 5.10 Å². The Labute approximate surface area is 193 Å². The summed E-state index contributed by atoms with van der Waals surface area (Å²) in [4.78, 5) is 18.8. The Morgan fingerprint density at radius 1 is 1.18 bits per heavy atom. The molecule has 0 radical (unpaired) electrons. The lowest BCUT2D eigenvalue weighted by molar-refractivity contribution is 0.197. The highest BCUT2D eigenvalue weighted by atomic mass is 16.5. The summed E-state index contributed by atoms with van der Waals surface area (Å²) in [5, 5.41) is 10.5. The maximum Gasteiger partial charge on any atom is 0.323 e. The Hall–Kier alpha value is -3.74. The average Bonchev–Trinajstić information content (AvgIpc) is 3.67. The van der Waals surface area contributed by atoms with Crippen LogP contribution in [0.5, 0.6) is 11.6 Å². The molecule has 7 nitrogen and oxygen atoms in total. The number of ether oxygens (including phenoxy) is 1. The highest BCUT2D eigenvalue weighted by Crippen LogP contribution is 2.40. The highest BCUT2D eigenvalue weighted by molar-refractivity contribution is 5.88. The van der Waals surface area contributed by atoms with Gasteiger partial charge in [0.1, 0.15) is 5.75 Å². The van der Waals surface area contributed by atoms with E-state index in [1.807, 2.05) is 35.4 Å². The van der Waals surface area contributed by atoms with Gasteiger partial charge in [0.05, 0.1) is 0 Å². The van der Waals surface area contributed by atoms with Gasteiger partial charge in [0.25, 0.3) is 0 Å². The van der Waals surface area contributed by atoms with E-state index in [0.717, 1.165) is 17.7 Å². The number of benzene rings is 1. The molecule has 2 aliphatic rings. The quantitative estimate of drug-likeness (QED) is 0.566. The van der Waals surface area contributed by atoms with E-state index in [1.54, 1.807) is 18.3 Å². The molecule has 5 rings (SSSR count). The summed E-state index contributed by atoms with van der Waals surface area (Å²) in [6, 6.07) is 15.4. The van der Waals surface area contributed by atoms with Crippen molar-refractivity contribution in [2.45, 2.75) is 32.1 Å². The number of aromatic nitrogens is 3. The number of carbonyl (C=O) groups is 1. The number of amides is 2. The van der Waals surface area contributed by atoms with Crippen molar-refractivity contribution < 1.29 is 9.53 Å². The Bertz CT molecular complexity index is 1140. The van der Waals surface area contributed by atoms with Crippen molar-refractivity contribution in [1.29, 1.82) is 0 Å². The van der Waals surface area contributed by atoms with Crippen LogP contribution in [-0.2, 0) is 0 Å². The maximum absolute atomic E-state index is 12.6. The average molecular weight is 442 g/mol. The second kappa shape index (κ2) is 9.40. The van der Waals surface area contributed by atoms with Gasteiger partial charge in [-0.3, -0.25) is 5.32 Å². The predicted molar refractivity (Wildman–Crippen MR) is 127 cm³/mol. The van der Waals surface area contributed by atoms with Crippen LogP contribution in [0.2, 0.25) is 0 Å². The predicted octanol–water partition coefficient (Wildman–Crippen LogP) is 5.50. The summed E-state index contributed by atoms with van der Waals surface area (Å²) in [6.45, 7) is 3.47. The Morgan fingerprint density at radius 3 is 2.82 bits per heavy atom. The fraction of sp³-hybridized carbons (Fsp3) is 0.308. The van der Waals surface area contributed by atoms with Crippen LogP contribution in [0.15, 0.2) is 66.5 Å². The minimum absolute atomic E-state index is 0.142. The number of nitrogens with zero attached hydrogens (tertiary/aromatic N) is 4. The lowest BCUT2D eigenvalue weighted by atomic mass is 9.91. The Balaban J connectivity index is 1.21. The number of pyridine rings is 1. The van der Waals surface area contributed by atoms with Crippen LogP contribution in [-0.4, -0.2) is 39.2 Å². The Morgan fingerprint density at radius 2 is 2.09 bits per heavy atom. The van der Waals surface area contributed by atoms with Gasteiger partial charge in [0.15, 0.2) is 5.82 Å². The van der Waals surface area contributed by atoms with Gasteiger partial charge in [-0.15, -0.1) is 5.10 Å². The van der Waals surface area contributed by atoms with Gasteiger partial charge >= 0.3 is 6.03 Å². The van der Waals surface area contributed by atoms with Gasteiger partial charge in [0.2, 0.25) is 5.88 Å². The van der Waals surface area contributed by atoms with Crippen molar-refractivity contribution in [3.05, 3.63) is 77.6 Å². The van der Waals surface area contributed by atoms with Crippen LogP contribution in [0.1, 0.15) is 43.2 Å². The number of carbonyl (C=O) groups excluding carboxylic acids is 1. The van der Waals surface area contributed by atoms with Crippen LogP contribution in [0, 0.1) is 5.92 Å². The molecule has 3 heterocycles. The van der Waals surface area contributed by atoms with Crippen molar-refractivity contribution in [3.8, 4) is 11.6 Å². The zero-order chi connectivity index (χ0) is 22.6. The standard InChI is InChI=1S/C26H27N5O2/c1-18-17-31(26(32)29-24-6-3-12-28-30-24)13-11-21(18)14-19-4-2-5-23(15-19)33-25-10-9-22(16-27-25)20-7-8-20/h2-6,9-10,12,14-16,18,20H,7-8,11,13,17H2,1H3,(H,29,30,32). The SMILES string of the molecule is CC1CN(C(=O)Nc2cccnn2)CCC1=Cc1cccc(Oc2ccc(C3CC3)cn2)c1. The van der Waals surface area contributed by atoms with E-state index in [4.69, 9.17) is 4.74 Å². The van der Waals surface area contributed by atoms with E-state index in [9.17, 15) is 4.79 Å². The lowest BCUT2D eigenvalue weighted by Crippen LogP contribution is -2.42. The van der Waals surface area contributed by atoms with Gasteiger partial charge in [-0.05, 0) is 66.5 Å². The Kier molecular flexibility index (Phi) is 6.02. The van der Waals surface area contributed by atoms with Gasteiger partial charge in [0, 0.05) is 31.5 Å². The molecule has 1 aliphatic heterocycles. The van der Waals surface area contributed by atoms with E-state index in [-0.39, 0.29) is 11.9 Å². The molecule has 1 aliphatic carbocycles. The smallest absolute Gasteiger partial charge is 0.323 e.